The molecule has 5 heteroatoms. The highest BCUT2D eigenvalue weighted by Crippen LogP contribution is 2.39. The van der Waals surface area contributed by atoms with E-state index in [4.69, 9.17) is 14.2 Å². The molecule has 2 aromatic carbocycles. The van der Waals surface area contributed by atoms with E-state index in [-0.39, 0.29) is 19.2 Å². The van der Waals surface area contributed by atoms with Gasteiger partial charge in [-0.15, -0.1) is 0 Å². The third kappa shape index (κ3) is 6.84. The van der Waals surface area contributed by atoms with Crippen molar-refractivity contribution in [1.29, 1.82) is 0 Å². The van der Waals surface area contributed by atoms with E-state index in [2.05, 4.69) is 32.9 Å². The molecule has 1 aliphatic carbocycles. The second-order valence-electron chi connectivity index (χ2n) is 8.46. The van der Waals surface area contributed by atoms with E-state index in [9.17, 15) is 9.18 Å². The molecule has 1 aliphatic rings. The quantitative estimate of drug-likeness (QED) is 0.333. The molecule has 0 N–H and O–H groups in total. The average Bonchev–Trinajstić information content (AvgIpc) is 3.17. The van der Waals surface area contributed by atoms with Crippen LogP contribution in [0.4, 0.5) is 4.39 Å². The van der Waals surface area contributed by atoms with Crippen LogP contribution in [0.1, 0.15) is 49.2 Å². The number of ether oxygens (including phenoxy) is 3. The number of hydrogen-bond acceptors (Lipinski definition) is 4. The van der Waals surface area contributed by atoms with E-state index in [1.165, 1.54) is 11.1 Å². The first-order valence-corrected chi connectivity index (χ1v) is 10.3. The lowest BCUT2D eigenvalue weighted by Gasteiger charge is -2.26. The van der Waals surface area contributed by atoms with Gasteiger partial charge in [-0.2, -0.15) is 0 Å². The maximum atomic E-state index is 11.9. The predicted octanol–water partition coefficient (Wildman–Crippen LogP) is 5.63. The molecule has 164 valence electrons. The third-order valence-electron chi connectivity index (χ3n) is 5.32. The highest BCUT2D eigenvalue weighted by molar-refractivity contribution is 5.89. The summed E-state index contributed by atoms with van der Waals surface area (Å²) in [5.41, 5.74) is 3.65. The fraction of sp³-hybridized carbons (Fsp3) is 0.480. The van der Waals surface area contributed by atoms with E-state index in [0.29, 0.717) is 24.1 Å². The maximum absolute atomic E-state index is 11.9. The minimum Gasteiger partial charge on any atom is -0.465 e. The minimum atomic E-state index is -0.409. The Morgan fingerprint density at radius 3 is 2.37 bits per heavy atom. The number of carbonyl (C=O) groups excluding carboxylic acids is 1. The van der Waals surface area contributed by atoms with Crippen LogP contribution >= 0.6 is 0 Å². The second kappa shape index (κ2) is 11.1. The minimum absolute atomic E-state index is 0.193. The van der Waals surface area contributed by atoms with E-state index in [1.807, 2.05) is 31.2 Å². The molecular formula is C25H33FO4. The van der Waals surface area contributed by atoms with Crippen LogP contribution in [0.5, 0.6) is 5.75 Å². The molecule has 0 spiro atoms. The Balaban J connectivity index is 0.00000155. The Hall–Kier alpha value is -2.40. The zero-order chi connectivity index (χ0) is 22.1. The first kappa shape index (κ1) is 23.9. The molecule has 0 heterocycles. The highest BCUT2D eigenvalue weighted by atomic mass is 19.1. The van der Waals surface area contributed by atoms with Crippen LogP contribution in [0.2, 0.25) is 0 Å². The van der Waals surface area contributed by atoms with Crippen LogP contribution in [0.15, 0.2) is 48.5 Å². The SMILES string of the molecule is CC(OCCOC(=O)c1ccccc1)Oc1ccc2c(c1)CC(C(C)(C)C)C2.CF. The van der Waals surface area contributed by atoms with Crippen LogP contribution in [-0.4, -0.2) is 32.7 Å². The third-order valence-corrected chi connectivity index (χ3v) is 5.32. The number of hydrogen-bond donors (Lipinski definition) is 0. The van der Waals surface area contributed by atoms with E-state index in [0.717, 1.165) is 18.6 Å². The molecule has 0 saturated heterocycles. The zero-order valence-corrected chi connectivity index (χ0v) is 18.6. The molecule has 0 aliphatic heterocycles. The summed E-state index contributed by atoms with van der Waals surface area (Å²) in [7, 11) is 0.500. The van der Waals surface area contributed by atoms with Gasteiger partial charge in [0.15, 0.2) is 6.29 Å². The standard InChI is InChI=1S/C24H30O4.CH3F/c1-17(26-12-13-27-23(25)18-8-6-5-7-9-18)28-22-11-10-19-14-21(24(2,3)4)15-20(19)16-22;1-2/h5-11,16-17,21H,12-15H2,1-4H3;1H3. The molecule has 0 saturated carbocycles. The lowest BCUT2D eigenvalue weighted by molar-refractivity contribution is -0.0784. The summed E-state index contributed by atoms with van der Waals surface area (Å²) in [6, 6.07) is 15.3. The predicted molar refractivity (Wildman–Crippen MR) is 117 cm³/mol. The van der Waals surface area contributed by atoms with Gasteiger partial charge in [-0.3, -0.25) is 4.39 Å². The molecule has 0 radical (unpaired) electrons. The van der Waals surface area contributed by atoms with Crippen molar-refractivity contribution in [3.05, 3.63) is 65.2 Å². The van der Waals surface area contributed by atoms with Crippen LogP contribution in [0, 0.1) is 11.3 Å². The molecule has 4 nitrogen and oxygen atoms in total. The van der Waals surface area contributed by atoms with Crippen molar-refractivity contribution in [3.8, 4) is 5.75 Å². The smallest absolute Gasteiger partial charge is 0.338 e. The van der Waals surface area contributed by atoms with Gasteiger partial charge in [0.2, 0.25) is 0 Å². The first-order chi connectivity index (χ1) is 14.3. The van der Waals surface area contributed by atoms with Crippen molar-refractivity contribution >= 4 is 5.97 Å². The Morgan fingerprint density at radius 1 is 1.03 bits per heavy atom. The Morgan fingerprint density at radius 2 is 1.70 bits per heavy atom. The van der Waals surface area contributed by atoms with Crippen molar-refractivity contribution in [3.63, 3.8) is 0 Å². The van der Waals surface area contributed by atoms with Gasteiger partial charge in [0, 0.05) is 0 Å². The number of alkyl halides is 1. The Labute approximate surface area is 179 Å². The molecule has 3 rings (SSSR count). The number of benzene rings is 2. The van der Waals surface area contributed by atoms with Crippen molar-refractivity contribution in [2.24, 2.45) is 11.3 Å². The number of halogens is 1. The van der Waals surface area contributed by atoms with Crippen LogP contribution in [-0.2, 0) is 22.3 Å². The molecule has 0 amide bonds. The summed E-state index contributed by atoms with van der Waals surface area (Å²) < 4.78 is 26.2. The number of fused-ring (bicyclic) bond motifs is 1. The number of esters is 1. The summed E-state index contributed by atoms with van der Waals surface area (Å²) in [5.74, 6) is 1.15. The van der Waals surface area contributed by atoms with Gasteiger partial charge in [0.25, 0.3) is 0 Å². The Bertz CT molecular complexity index is 799. The molecule has 0 aromatic heterocycles. The summed E-state index contributed by atoms with van der Waals surface area (Å²) in [6.07, 6.45) is 1.83. The van der Waals surface area contributed by atoms with Gasteiger partial charge in [0.1, 0.15) is 12.4 Å². The number of rotatable bonds is 7. The molecule has 30 heavy (non-hydrogen) atoms. The fourth-order valence-corrected chi connectivity index (χ4v) is 3.51. The maximum Gasteiger partial charge on any atom is 0.338 e. The Kier molecular flexibility index (Phi) is 8.85. The summed E-state index contributed by atoms with van der Waals surface area (Å²) in [6.45, 7) is 9.25. The van der Waals surface area contributed by atoms with Crippen molar-refractivity contribution in [1.82, 2.24) is 0 Å². The zero-order valence-electron chi connectivity index (χ0n) is 18.6. The van der Waals surface area contributed by atoms with Gasteiger partial charge in [-0.1, -0.05) is 45.0 Å². The van der Waals surface area contributed by atoms with Crippen LogP contribution in [0.3, 0.4) is 0 Å². The largest absolute Gasteiger partial charge is 0.465 e. The molecule has 2 aromatic rings. The highest BCUT2D eigenvalue weighted by Gasteiger charge is 2.31. The second-order valence-corrected chi connectivity index (χ2v) is 8.46. The van der Waals surface area contributed by atoms with Gasteiger partial charge in [0.05, 0.1) is 19.3 Å². The van der Waals surface area contributed by atoms with Crippen molar-refractivity contribution in [2.75, 3.05) is 20.4 Å². The lowest BCUT2D eigenvalue weighted by atomic mass is 9.79. The van der Waals surface area contributed by atoms with Crippen LogP contribution in [0.25, 0.3) is 0 Å². The average molecular weight is 417 g/mol. The molecule has 0 bridgehead atoms. The van der Waals surface area contributed by atoms with E-state index >= 15 is 0 Å². The lowest BCUT2D eigenvalue weighted by Crippen LogP contribution is -2.20. The van der Waals surface area contributed by atoms with Crippen molar-refractivity contribution in [2.45, 2.75) is 46.8 Å². The van der Waals surface area contributed by atoms with Gasteiger partial charge in [-0.25, -0.2) is 4.79 Å². The molecule has 2 unspecified atom stereocenters. The van der Waals surface area contributed by atoms with Crippen LogP contribution < -0.4 is 4.74 Å². The monoisotopic (exact) mass is 416 g/mol. The molecule has 2 atom stereocenters. The summed E-state index contributed by atoms with van der Waals surface area (Å²) >= 11 is 0. The molecular weight excluding hydrogens is 383 g/mol. The van der Waals surface area contributed by atoms with E-state index in [1.54, 1.807) is 12.1 Å². The van der Waals surface area contributed by atoms with Crippen molar-refractivity contribution < 1.29 is 23.4 Å². The van der Waals surface area contributed by atoms with E-state index < -0.39 is 6.29 Å². The fourth-order valence-electron chi connectivity index (χ4n) is 3.51. The molecule has 0 fully saturated rings. The van der Waals surface area contributed by atoms with Gasteiger partial charge >= 0.3 is 5.97 Å². The van der Waals surface area contributed by atoms with Gasteiger partial charge in [-0.05, 0) is 66.5 Å². The first-order valence-electron chi connectivity index (χ1n) is 10.3. The van der Waals surface area contributed by atoms with Gasteiger partial charge < -0.3 is 14.2 Å². The summed E-state index contributed by atoms with van der Waals surface area (Å²) in [4.78, 5) is 11.9. The number of carbonyl (C=O) groups is 1. The topological polar surface area (TPSA) is 44.8 Å². The normalized spacial score (nSPS) is 16.1. The summed E-state index contributed by atoms with van der Waals surface area (Å²) in [5, 5.41) is 0.